The van der Waals surface area contributed by atoms with Crippen molar-refractivity contribution >= 4 is 17.3 Å². The van der Waals surface area contributed by atoms with Gasteiger partial charge >= 0.3 is 5.97 Å². The fourth-order valence-electron chi connectivity index (χ4n) is 1.84. The second-order valence-corrected chi connectivity index (χ2v) is 4.66. The summed E-state index contributed by atoms with van der Waals surface area (Å²) in [5.41, 5.74) is 4.42. The van der Waals surface area contributed by atoms with Crippen molar-refractivity contribution in [3.05, 3.63) is 33.9 Å². The minimum absolute atomic E-state index is 0.0823. The molecule has 0 heterocycles. The molecule has 98 valence electrons. The molecule has 0 radical (unpaired) electrons. The zero-order valence-electron chi connectivity index (χ0n) is 10.5. The molecule has 0 bridgehead atoms. The quantitative estimate of drug-likeness (QED) is 0.485. The van der Waals surface area contributed by atoms with Crippen LogP contribution >= 0.6 is 0 Å². The summed E-state index contributed by atoms with van der Waals surface area (Å²) in [4.78, 5) is 21.7. The molecule has 0 fully saturated rings. The van der Waals surface area contributed by atoms with Crippen LogP contribution in [0.15, 0.2) is 18.2 Å². The van der Waals surface area contributed by atoms with E-state index < -0.39 is 16.3 Å². The van der Waals surface area contributed by atoms with E-state index in [0.29, 0.717) is 0 Å². The molecule has 0 amide bonds. The van der Waals surface area contributed by atoms with Crippen LogP contribution in [0.2, 0.25) is 0 Å². The number of benzene rings is 1. The van der Waals surface area contributed by atoms with Gasteiger partial charge in [-0.3, -0.25) is 14.9 Å². The largest absolute Gasteiger partial charge is 0.481 e. The molecule has 0 aliphatic carbocycles. The summed E-state index contributed by atoms with van der Waals surface area (Å²) < 4.78 is 0. The van der Waals surface area contributed by atoms with Gasteiger partial charge in [0.15, 0.2) is 0 Å². The minimum atomic E-state index is -1.25. The highest BCUT2D eigenvalue weighted by Crippen LogP contribution is 2.39. The van der Waals surface area contributed by atoms with E-state index in [1.54, 1.807) is 13.8 Å². The average molecular weight is 252 g/mol. The molecule has 1 aromatic carbocycles. The first-order chi connectivity index (χ1) is 8.22. The Hall–Kier alpha value is -2.11. The number of nitrogens with two attached hydrogens (primary N) is 1. The van der Waals surface area contributed by atoms with Gasteiger partial charge in [0.2, 0.25) is 0 Å². The zero-order chi connectivity index (χ0) is 14.1. The van der Waals surface area contributed by atoms with E-state index in [0.717, 1.165) is 0 Å². The SMILES string of the molecule is CC(C)C(C)(C(=O)O)c1cccc([N+](=O)[O-])c1N. The number of para-hydroxylation sites is 1. The van der Waals surface area contributed by atoms with Crippen molar-refractivity contribution in [3.8, 4) is 0 Å². The molecule has 6 heteroatoms. The third kappa shape index (κ3) is 2.01. The Morgan fingerprint density at radius 1 is 1.50 bits per heavy atom. The molecule has 3 N–H and O–H groups in total. The van der Waals surface area contributed by atoms with Crippen LogP contribution in [0.1, 0.15) is 26.3 Å². The smallest absolute Gasteiger partial charge is 0.314 e. The summed E-state index contributed by atoms with van der Waals surface area (Å²) in [7, 11) is 0. The second kappa shape index (κ2) is 4.64. The van der Waals surface area contributed by atoms with Crippen molar-refractivity contribution in [1.82, 2.24) is 0 Å². The number of anilines is 1. The normalized spacial score (nSPS) is 14.2. The maximum absolute atomic E-state index is 11.5. The Bertz CT molecular complexity index is 499. The first kappa shape index (κ1) is 14.0. The van der Waals surface area contributed by atoms with E-state index in [4.69, 9.17) is 5.73 Å². The van der Waals surface area contributed by atoms with E-state index in [1.165, 1.54) is 25.1 Å². The third-order valence-electron chi connectivity index (χ3n) is 3.44. The lowest BCUT2D eigenvalue weighted by Crippen LogP contribution is -2.38. The van der Waals surface area contributed by atoms with E-state index in [1.807, 2.05) is 0 Å². The molecule has 1 aromatic rings. The molecule has 18 heavy (non-hydrogen) atoms. The average Bonchev–Trinajstić information content (AvgIpc) is 2.27. The van der Waals surface area contributed by atoms with Crippen molar-refractivity contribution < 1.29 is 14.8 Å². The van der Waals surface area contributed by atoms with Crippen LogP contribution in [0.4, 0.5) is 11.4 Å². The number of nitro groups is 1. The summed E-state index contributed by atoms with van der Waals surface area (Å²) in [6.45, 7) is 5.01. The van der Waals surface area contributed by atoms with Gasteiger partial charge in [0.1, 0.15) is 5.69 Å². The number of aliphatic carboxylic acids is 1. The predicted molar refractivity (Wildman–Crippen MR) is 67.3 cm³/mol. The summed E-state index contributed by atoms with van der Waals surface area (Å²) in [6.07, 6.45) is 0. The summed E-state index contributed by atoms with van der Waals surface area (Å²) in [5, 5.41) is 20.2. The number of nitrogens with zero attached hydrogens (tertiary/aromatic N) is 1. The number of hydrogen-bond acceptors (Lipinski definition) is 4. The van der Waals surface area contributed by atoms with Gasteiger partial charge in [0.05, 0.1) is 10.3 Å². The van der Waals surface area contributed by atoms with Crippen molar-refractivity contribution in [3.63, 3.8) is 0 Å². The lowest BCUT2D eigenvalue weighted by molar-refractivity contribution is -0.384. The highest BCUT2D eigenvalue weighted by molar-refractivity contribution is 5.85. The molecule has 6 nitrogen and oxygen atoms in total. The van der Waals surface area contributed by atoms with E-state index in [9.17, 15) is 20.0 Å². The number of carboxylic acid groups (broad SMARTS) is 1. The number of nitro benzene ring substituents is 1. The van der Waals surface area contributed by atoms with Crippen molar-refractivity contribution in [1.29, 1.82) is 0 Å². The van der Waals surface area contributed by atoms with Gasteiger partial charge in [-0.2, -0.15) is 0 Å². The topological polar surface area (TPSA) is 106 Å². The van der Waals surface area contributed by atoms with Crippen LogP contribution in [-0.4, -0.2) is 16.0 Å². The minimum Gasteiger partial charge on any atom is -0.481 e. The second-order valence-electron chi connectivity index (χ2n) is 4.66. The lowest BCUT2D eigenvalue weighted by Gasteiger charge is -2.30. The van der Waals surface area contributed by atoms with Crippen LogP contribution in [0.25, 0.3) is 0 Å². The Morgan fingerprint density at radius 2 is 2.06 bits per heavy atom. The molecule has 1 rings (SSSR count). The molecule has 0 spiro atoms. The number of carboxylic acids is 1. The number of carbonyl (C=O) groups is 1. The maximum Gasteiger partial charge on any atom is 0.314 e. The van der Waals surface area contributed by atoms with Crippen LogP contribution in [0.5, 0.6) is 0 Å². The van der Waals surface area contributed by atoms with E-state index in [-0.39, 0.29) is 22.9 Å². The van der Waals surface area contributed by atoms with Crippen molar-refractivity contribution in [2.45, 2.75) is 26.2 Å². The summed E-state index contributed by atoms with van der Waals surface area (Å²) in [5.74, 6) is -1.30. The predicted octanol–water partition coefficient (Wildman–Crippen LogP) is 2.18. The Kier molecular flexibility index (Phi) is 3.59. The van der Waals surface area contributed by atoms with Crippen LogP contribution in [0.3, 0.4) is 0 Å². The first-order valence-electron chi connectivity index (χ1n) is 5.49. The molecule has 0 saturated carbocycles. The van der Waals surface area contributed by atoms with Gasteiger partial charge in [-0.15, -0.1) is 0 Å². The molecule has 1 unspecified atom stereocenters. The zero-order valence-corrected chi connectivity index (χ0v) is 10.5. The fraction of sp³-hybridized carbons (Fsp3) is 0.417. The van der Waals surface area contributed by atoms with Crippen LogP contribution < -0.4 is 5.73 Å². The third-order valence-corrected chi connectivity index (χ3v) is 3.44. The van der Waals surface area contributed by atoms with Gasteiger partial charge in [-0.25, -0.2) is 0 Å². The molecule has 0 aromatic heterocycles. The Morgan fingerprint density at radius 3 is 2.44 bits per heavy atom. The van der Waals surface area contributed by atoms with Crippen molar-refractivity contribution in [2.24, 2.45) is 5.92 Å². The van der Waals surface area contributed by atoms with E-state index in [2.05, 4.69) is 0 Å². The number of hydrogen-bond donors (Lipinski definition) is 2. The molecule has 0 saturated heterocycles. The molecule has 0 aliphatic heterocycles. The van der Waals surface area contributed by atoms with E-state index >= 15 is 0 Å². The van der Waals surface area contributed by atoms with Crippen molar-refractivity contribution in [2.75, 3.05) is 5.73 Å². The molecule has 0 aliphatic rings. The lowest BCUT2D eigenvalue weighted by atomic mass is 9.72. The standard InChI is InChI=1S/C12H16N2O4/c1-7(2)12(3,11(15)16)8-5-4-6-9(10(8)13)14(17)18/h4-7H,13H2,1-3H3,(H,15,16). The fourth-order valence-corrected chi connectivity index (χ4v) is 1.84. The number of rotatable bonds is 4. The first-order valence-corrected chi connectivity index (χ1v) is 5.49. The summed E-state index contributed by atoms with van der Waals surface area (Å²) >= 11 is 0. The van der Waals surface area contributed by atoms with Gasteiger partial charge in [0, 0.05) is 6.07 Å². The molecular weight excluding hydrogens is 236 g/mol. The Labute approximate surface area is 105 Å². The van der Waals surface area contributed by atoms with Gasteiger partial charge in [0.25, 0.3) is 5.69 Å². The van der Waals surface area contributed by atoms with Crippen LogP contribution in [-0.2, 0) is 10.2 Å². The maximum atomic E-state index is 11.5. The monoisotopic (exact) mass is 252 g/mol. The van der Waals surface area contributed by atoms with Gasteiger partial charge < -0.3 is 10.8 Å². The highest BCUT2D eigenvalue weighted by atomic mass is 16.6. The summed E-state index contributed by atoms with van der Waals surface area (Å²) in [6, 6.07) is 4.24. The Balaban J connectivity index is 3.54. The van der Waals surface area contributed by atoms with Crippen LogP contribution in [0, 0.1) is 16.0 Å². The van der Waals surface area contributed by atoms with Gasteiger partial charge in [-0.05, 0) is 18.4 Å². The number of nitrogen functional groups attached to an aromatic ring is 1. The van der Waals surface area contributed by atoms with Gasteiger partial charge in [-0.1, -0.05) is 26.0 Å². The molecule has 1 atom stereocenters. The highest BCUT2D eigenvalue weighted by Gasteiger charge is 2.41. The molecular formula is C12H16N2O4.